The first-order valence-corrected chi connectivity index (χ1v) is 9.11. The lowest BCUT2D eigenvalue weighted by Gasteiger charge is -2.29. The number of carbonyl (C=O) groups excluding carboxylic acids is 1. The van der Waals surface area contributed by atoms with E-state index in [9.17, 15) is 4.79 Å². The van der Waals surface area contributed by atoms with Crippen LogP contribution in [-0.4, -0.2) is 52.9 Å². The van der Waals surface area contributed by atoms with Crippen molar-refractivity contribution in [3.63, 3.8) is 0 Å². The van der Waals surface area contributed by atoms with Crippen LogP contribution >= 0.6 is 11.6 Å². The molecule has 0 aliphatic heterocycles. The summed E-state index contributed by atoms with van der Waals surface area (Å²) in [5.41, 5.74) is 0.305. The van der Waals surface area contributed by atoms with Crippen LogP contribution in [0.15, 0.2) is 30.9 Å². The Kier molecular flexibility index (Phi) is 6.60. The molecule has 8 heteroatoms. The van der Waals surface area contributed by atoms with Crippen LogP contribution < -0.4 is 5.32 Å². The number of methoxy groups -OCH3 is 1. The van der Waals surface area contributed by atoms with Crippen molar-refractivity contribution >= 4 is 17.5 Å². The Balaban J connectivity index is 1.56. The molecule has 0 saturated heterocycles. The van der Waals surface area contributed by atoms with Gasteiger partial charge in [-0.25, -0.2) is 9.97 Å². The second-order valence-electron chi connectivity index (χ2n) is 6.31. The van der Waals surface area contributed by atoms with Crippen molar-refractivity contribution in [3.8, 4) is 5.82 Å². The number of rotatable bonds is 7. The summed E-state index contributed by atoms with van der Waals surface area (Å²) in [5.74, 6) is 0.355. The molecule has 140 valence electrons. The van der Waals surface area contributed by atoms with Crippen LogP contribution in [0.4, 0.5) is 0 Å². The van der Waals surface area contributed by atoms with Crippen molar-refractivity contribution in [1.29, 1.82) is 0 Å². The largest absolute Gasteiger partial charge is 0.382 e. The first-order valence-electron chi connectivity index (χ1n) is 8.73. The van der Waals surface area contributed by atoms with E-state index in [0.29, 0.717) is 29.7 Å². The summed E-state index contributed by atoms with van der Waals surface area (Å²) in [6.45, 7) is 1.22. The maximum Gasteiger partial charge on any atom is 0.270 e. The molecular weight excluding hydrogens is 356 g/mol. The maximum atomic E-state index is 12.6. The number of hydrogen-bond acceptors (Lipinski definition) is 5. The highest BCUT2D eigenvalue weighted by atomic mass is 35.5. The number of aromatic nitrogens is 3. The third-order valence-electron chi connectivity index (χ3n) is 4.43. The number of halogens is 1. The molecule has 0 unspecified atom stereocenters. The number of carbonyl (C=O) groups is 1. The van der Waals surface area contributed by atoms with Gasteiger partial charge < -0.3 is 14.8 Å². The van der Waals surface area contributed by atoms with Gasteiger partial charge in [-0.2, -0.15) is 0 Å². The average Bonchev–Trinajstić information content (AvgIpc) is 3.18. The Morgan fingerprint density at radius 3 is 2.81 bits per heavy atom. The fourth-order valence-electron chi connectivity index (χ4n) is 3.06. The SMILES string of the molecule is COCCOC1CCC(NC(=O)c2cc(Cl)cc(-n3ccnc3)n2)CC1. The number of ether oxygens (including phenoxy) is 2. The Bertz CT molecular complexity index is 715. The molecule has 2 heterocycles. The zero-order chi connectivity index (χ0) is 18.4. The zero-order valence-corrected chi connectivity index (χ0v) is 15.5. The number of hydrogen-bond donors (Lipinski definition) is 1. The molecule has 26 heavy (non-hydrogen) atoms. The topological polar surface area (TPSA) is 78.3 Å². The van der Waals surface area contributed by atoms with E-state index in [1.54, 1.807) is 42.5 Å². The second-order valence-corrected chi connectivity index (χ2v) is 6.75. The van der Waals surface area contributed by atoms with Crippen LogP contribution in [0, 0.1) is 0 Å². The van der Waals surface area contributed by atoms with Gasteiger partial charge in [-0.05, 0) is 31.7 Å². The highest BCUT2D eigenvalue weighted by molar-refractivity contribution is 6.31. The van der Waals surface area contributed by atoms with E-state index in [2.05, 4.69) is 15.3 Å². The lowest BCUT2D eigenvalue weighted by Crippen LogP contribution is -2.39. The highest BCUT2D eigenvalue weighted by Gasteiger charge is 2.24. The van der Waals surface area contributed by atoms with Crippen molar-refractivity contribution < 1.29 is 14.3 Å². The molecule has 3 rings (SSSR count). The quantitative estimate of drug-likeness (QED) is 0.749. The van der Waals surface area contributed by atoms with E-state index in [0.717, 1.165) is 25.7 Å². The van der Waals surface area contributed by atoms with Gasteiger partial charge in [0, 0.05) is 36.6 Å². The number of pyridine rings is 1. The summed E-state index contributed by atoms with van der Waals surface area (Å²) >= 11 is 6.15. The lowest BCUT2D eigenvalue weighted by atomic mass is 9.93. The summed E-state index contributed by atoms with van der Waals surface area (Å²) in [7, 11) is 1.66. The summed E-state index contributed by atoms with van der Waals surface area (Å²) in [6, 6.07) is 3.40. The summed E-state index contributed by atoms with van der Waals surface area (Å²) in [4.78, 5) is 21.0. The molecule has 0 spiro atoms. The molecule has 0 radical (unpaired) electrons. The van der Waals surface area contributed by atoms with Crippen molar-refractivity contribution in [2.45, 2.75) is 37.8 Å². The lowest BCUT2D eigenvalue weighted by molar-refractivity contribution is -0.00409. The average molecular weight is 379 g/mol. The first-order chi connectivity index (χ1) is 12.7. The third kappa shape index (κ3) is 5.03. The van der Waals surface area contributed by atoms with Gasteiger partial charge in [-0.15, -0.1) is 0 Å². The van der Waals surface area contributed by atoms with E-state index in [1.807, 2.05) is 0 Å². The van der Waals surface area contributed by atoms with Crippen LogP contribution in [0.25, 0.3) is 5.82 Å². The van der Waals surface area contributed by atoms with Crippen molar-refractivity contribution in [2.75, 3.05) is 20.3 Å². The predicted molar refractivity (Wildman–Crippen MR) is 97.7 cm³/mol. The standard InChI is InChI=1S/C18H23ClN4O3/c1-25-8-9-26-15-4-2-14(3-5-15)21-18(24)16-10-13(19)11-17(22-16)23-7-6-20-12-23/h6-7,10-12,14-15H,2-5,8-9H2,1H3,(H,21,24). The van der Waals surface area contributed by atoms with Crippen LogP contribution in [-0.2, 0) is 9.47 Å². The number of imidazole rings is 1. The monoisotopic (exact) mass is 378 g/mol. The van der Waals surface area contributed by atoms with Gasteiger partial charge in [0.1, 0.15) is 17.8 Å². The Hall–Kier alpha value is -1.96. The van der Waals surface area contributed by atoms with Gasteiger partial charge in [-0.3, -0.25) is 9.36 Å². The normalized spacial score (nSPS) is 20.1. The molecule has 1 amide bonds. The predicted octanol–water partition coefficient (Wildman–Crippen LogP) is 2.62. The minimum absolute atomic E-state index is 0.127. The van der Waals surface area contributed by atoms with Crippen molar-refractivity contribution in [3.05, 3.63) is 41.6 Å². The maximum absolute atomic E-state index is 12.6. The van der Waals surface area contributed by atoms with Gasteiger partial charge >= 0.3 is 0 Å². The van der Waals surface area contributed by atoms with E-state index in [4.69, 9.17) is 21.1 Å². The van der Waals surface area contributed by atoms with Gasteiger partial charge in [0.15, 0.2) is 0 Å². The van der Waals surface area contributed by atoms with Crippen LogP contribution in [0.2, 0.25) is 5.02 Å². The summed E-state index contributed by atoms with van der Waals surface area (Å²) in [6.07, 6.45) is 8.90. The van der Waals surface area contributed by atoms with Crippen LogP contribution in [0.5, 0.6) is 0 Å². The third-order valence-corrected chi connectivity index (χ3v) is 4.65. The number of amides is 1. The first kappa shape index (κ1) is 18.8. The Morgan fingerprint density at radius 1 is 1.31 bits per heavy atom. The van der Waals surface area contributed by atoms with Crippen molar-refractivity contribution in [2.24, 2.45) is 0 Å². The summed E-state index contributed by atoms with van der Waals surface area (Å²) in [5, 5.41) is 3.52. The second kappa shape index (κ2) is 9.12. The molecule has 1 N–H and O–H groups in total. The van der Waals surface area contributed by atoms with E-state index in [1.165, 1.54) is 0 Å². The molecule has 1 saturated carbocycles. The zero-order valence-electron chi connectivity index (χ0n) is 14.7. The number of nitrogens with one attached hydrogen (secondary N) is 1. The molecule has 1 aliphatic carbocycles. The smallest absolute Gasteiger partial charge is 0.270 e. The van der Waals surface area contributed by atoms with Crippen LogP contribution in [0.3, 0.4) is 0 Å². The molecule has 1 aliphatic rings. The molecule has 2 aromatic heterocycles. The minimum atomic E-state index is -0.211. The van der Waals surface area contributed by atoms with E-state index in [-0.39, 0.29) is 18.1 Å². The molecule has 1 fully saturated rings. The fraction of sp³-hybridized carbons (Fsp3) is 0.500. The van der Waals surface area contributed by atoms with E-state index >= 15 is 0 Å². The van der Waals surface area contributed by atoms with Gasteiger partial charge in [0.05, 0.1) is 19.3 Å². The van der Waals surface area contributed by atoms with Crippen LogP contribution in [0.1, 0.15) is 36.2 Å². The Labute approximate surface area is 157 Å². The number of nitrogens with zero attached hydrogens (tertiary/aromatic N) is 3. The van der Waals surface area contributed by atoms with Gasteiger partial charge in [0.2, 0.25) is 0 Å². The molecule has 0 bridgehead atoms. The fourth-order valence-corrected chi connectivity index (χ4v) is 3.26. The van der Waals surface area contributed by atoms with Crippen molar-refractivity contribution in [1.82, 2.24) is 19.9 Å². The van der Waals surface area contributed by atoms with E-state index < -0.39 is 0 Å². The molecule has 7 nitrogen and oxygen atoms in total. The molecular formula is C18H23ClN4O3. The molecule has 0 aromatic carbocycles. The molecule has 0 atom stereocenters. The van der Waals surface area contributed by atoms with Gasteiger partial charge in [0.25, 0.3) is 5.91 Å². The molecule has 2 aromatic rings. The summed E-state index contributed by atoms with van der Waals surface area (Å²) < 4.78 is 12.5. The van der Waals surface area contributed by atoms with Gasteiger partial charge in [-0.1, -0.05) is 11.6 Å². The minimum Gasteiger partial charge on any atom is -0.382 e. The Morgan fingerprint density at radius 2 is 2.12 bits per heavy atom. The highest BCUT2D eigenvalue weighted by Crippen LogP contribution is 2.22.